The number of nitrogens with zero attached hydrogens (tertiary/aromatic N) is 3. The summed E-state index contributed by atoms with van der Waals surface area (Å²) in [5, 5.41) is 27.2. The smallest absolute Gasteiger partial charge is 0.242 e. The van der Waals surface area contributed by atoms with Crippen molar-refractivity contribution in [2.75, 3.05) is 7.05 Å². The summed E-state index contributed by atoms with van der Waals surface area (Å²) in [6, 6.07) is 10.9. The number of rotatable bonds is 8. The number of nitrogens with one attached hydrogen (secondary N) is 3. The molecule has 10 nitrogen and oxygen atoms in total. The SMILES string of the molecule is CNC(=O)[C@H](Cc1ccc(O)c(/N=N/c2ccc(/C=N\NC(C)=O)cc2)c1)NC(C)=O. The van der Waals surface area contributed by atoms with Crippen LogP contribution in [0.25, 0.3) is 0 Å². The minimum absolute atomic E-state index is 0.0671. The largest absolute Gasteiger partial charge is 0.506 e. The second-order valence-corrected chi connectivity index (χ2v) is 6.61. The molecule has 0 saturated carbocycles. The van der Waals surface area contributed by atoms with Crippen molar-refractivity contribution < 1.29 is 19.5 Å². The highest BCUT2D eigenvalue weighted by Crippen LogP contribution is 2.29. The average Bonchev–Trinajstić information content (AvgIpc) is 2.73. The number of phenols is 1. The first kappa shape index (κ1) is 23.2. The molecule has 2 aromatic rings. The molecule has 0 aromatic heterocycles. The maximum Gasteiger partial charge on any atom is 0.242 e. The van der Waals surface area contributed by atoms with Crippen LogP contribution in [0.2, 0.25) is 0 Å². The first-order chi connectivity index (χ1) is 14.8. The summed E-state index contributed by atoms with van der Waals surface area (Å²) in [6.45, 7) is 2.70. The lowest BCUT2D eigenvalue weighted by Gasteiger charge is -2.16. The Morgan fingerprint density at radius 3 is 2.35 bits per heavy atom. The number of azo groups is 1. The Hall–Kier alpha value is -4.08. The van der Waals surface area contributed by atoms with Gasteiger partial charge in [0.1, 0.15) is 17.5 Å². The minimum Gasteiger partial charge on any atom is -0.506 e. The monoisotopic (exact) mass is 424 g/mol. The van der Waals surface area contributed by atoms with Crippen LogP contribution in [0.1, 0.15) is 25.0 Å². The Kier molecular flexibility index (Phi) is 8.38. The summed E-state index contributed by atoms with van der Waals surface area (Å²) in [4.78, 5) is 34.2. The van der Waals surface area contributed by atoms with Crippen molar-refractivity contribution in [2.45, 2.75) is 26.3 Å². The molecule has 162 valence electrons. The molecule has 2 rings (SSSR count). The van der Waals surface area contributed by atoms with Crippen LogP contribution in [0.4, 0.5) is 11.4 Å². The number of amides is 3. The van der Waals surface area contributed by atoms with Gasteiger partial charge in [0.2, 0.25) is 17.7 Å². The molecule has 0 heterocycles. The molecule has 0 bridgehead atoms. The predicted molar refractivity (Wildman–Crippen MR) is 116 cm³/mol. The van der Waals surface area contributed by atoms with Gasteiger partial charge in [0, 0.05) is 27.3 Å². The van der Waals surface area contributed by atoms with Crippen molar-refractivity contribution in [1.82, 2.24) is 16.1 Å². The lowest BCUT2D eigenvalue weighted by atomic mass is 10.0. The van der Waals surface area contributed by atoms with Gasteiger partial charge >= 0.3 is 0 Å². The van der Waals surface area contributed by atoms with Gasteiger partial charge in [-0.2, -0.15) is 10.2 Å². The zero-order valence-corrected chi connectivity index (χ0v) is 17.4. The Balaban J connectivity index is 2.13. The summed E-state index contributed by atoms with van der Waals surface area (Å²) in [5.74, 6) is -0.976. The van der Waals surface area contributed by atoms with E-state index in [4.69, 9.17) is 0 Å². The molecule has 0 aliphatic heterocycles. The maximum absolute atomic E-state index is 12.0. The summed E-state index contributed by atoms with van der Waals surface area (Å²) in [7, 11) is 1.49. The van der Waals surface area contributed by atoms with E-state index < -0.39 is 6.04 Å². The Morgan fingerprint density at radius 2 is 1.74 bits per heavy atom. The number of carbonyl (C=O) groups excluding carboxylic acids is 3. The highest BCUT2D eigenvalue weighted by molar-refractivity contribution is 5.87. The van der Waals surface area contributed by atoms with E-state index in [0.717, 1.165) is 5.56 Å². The fourth-order valence-corrected chi connectivity index (χ4v) is 2.58. The number of hydrazone groups is 1. The Bertz CT molecular complexity index is 1000. The molecular weight excluding hydrogens is 400 g/mol. The van der Waals surface area contributed by atoms with Crippen molar-refractivity contribution in [3.63, 3.8) is 0 Å². The molecule has 0 fully saturated rings. The topological polar surface area (TPSA) is 145 Å². The number of hydrogen-bond donors (Lipinski definition) is 4. The van der Waals surface area contributed by atoms with Crippen LogP contribution in [-0.2, 0) is 20.8 Å². The van der Waals surface area contributed by atoms with Crippen LogP contribution in [0.5, 0.6) is 5.75 Å². The predicted octanol–water partition coefficient (Wildman–Crippen LogP) is 2.07. The molecule has 31 heavy (non-hydrogen) atoms. The molecular formula is C21H24N6O4. The first-order valence-corrected chi connectivity index (χ1v) is 9.40. The third-order valence-electron chi connectivity index (χ3n) is 4.02. The number of hydrogen-bond acceptors (Lipinski definition) is 7. The van der Waals surface area contributed by atoms with E-state index in [1.165, 1.54) is 33.2 Å². The molecule has 0 radical (unpaired) electrons. The first-order valence-electron chi connectivity index (χ1n) is 9.40. The fourth-order valence-electron chi connectivity index (χ4n) is 2.58. The van der Waals surface area contributed by atoms with Crippen LogP contribution >= 0.6 is 0 Å². The van der Waals surface area contributed by atoms with Gasteiger partial charge in [-0.1, -0.05) is 18.2 Å². The number of benzene rings is 2. The standard InChI is InChI=1S/C21H24N6O4/c1-13(28)24-19(21(31)22-3)11-16-6-9-20(30)18(10-16)27-26-17-7-4-15(5-8-17)12-23-25-14(2)29/h4-10,12,19,30H,11H2,1-3H3,(H,22,31)(H,24,28)(H,25,29)/b23-12-,27-26+/t19-/m0/s1. The third-order valence-corrected chi connectivity index (χ3v) is 4.02. The second-order valence-electron chi connectivity index (χ2n) is 6.61. The second kappa shape index (κ2) is 11.2. The zero-order valence-electron chi connectivity index (χ0n) is 17.4. The third kappa shape index (κ3) is 7.69. The molecule has 0 spiro atoms. The van der Waals surface area contributed by atoms with Gasteiger partial charge in [-0.25, -0.2) is 5.43 Å². The molecule has 1 atom stereocenters. The highest BCUT2D eigenvalue weighted by atomic mass is 16.3. The molecule has 0 unspecified atom stereocenters. The van der Waals surface area contributed by atoms with E-state index in [9.17, 15) is 19.5 Å². The van der Waals surface area contributed by atoms with Gasteiger partial charge in [-0.3, -0.25) is 14.4 Å². The Morgan fingerprint density at radius 1 is 1.03 bits per heavy atom. The van der Waals surface area contributed by atoms with E-state index in [0.29, 0.717) is 11.3 Å². The average molecular weight is 424 g/mol. The normalized spacial score (nSPS) is 12.0. The lowest BCUT2D eigenvalue weighted by Crippen LogP contribution is -2.46. The van der Waals surface area contributed by atoms with Crippen LogP contribution in [0.15, 0.2) is 57.8 Å². The van der Waals surface area contributed by atoms with Crippen LogP contribution < -0.4 is 16.1 Å². The quantitative estimate of drug-likeness (QED) is 0.292. The number of likely N-dealkylation sites (N-methyl/N-ethyl adjacent to an activating group) is 1. The Labute approximate surface area is 179 Å². The fraction of sp³-hybridized carbons (Fsp3) is 0.238. The summed E-state index contributed by atoms with van der Waals surface area (Å²) >= 11 is 0. The molecule has 4 N–H and O–H groups in total. The molecule has 10 heteroatoms. The molecule has 0 saturated heterocycles. The van der Waals surface area contributed by atoms with Crippen LogP contribution in [0, 0.1) is 0 Å². The molecule has 2 aromatic carbocycles. The molecule has 0 aliphatic carbocycles. The van der Waals surface area contributed by atoms with Gasteiger partial charge < -0.3 is 15.7 Å². The van der Waals surface area contributed by atoms with Crippen LogP contribution in [-0.4, -0.2) is 42.1 Å². The van der Waals surface area contributed by atoms with E-state index in [1.54, 1.807) is 36.4 Å². The van der Waals surface area contributed by atoms with Crippen molar-refractivity contribution in [3.8, 4) is 5.75 Å². The van der Waals surface area contributed by atoms with E-state index in [2.05, 4.69) is 31.4 Å². The van der Waals surface area contributed by atoms with Gasteiger partial charge in [-0.15, -0.1) is 5.11 Å². The summed E-state index contributed by atoms with van der Waals surface area (Å²) in [6.07, 6.45) is 1.72. The van der Waals surface area contributed by atoms with Gasteiger partial charge in [0.05, 0.1) is 11.9 Å². The molecule has 3 amide bonds. The summed E-state index contributed by atoms with van der Waals surface area (Å²) in [5.41, 5.74) is 4.54. The van der Waals surface area contributed by atoms with Gasteiger partial charge in [-0.05, 0) is 35.4 Å². The number of phenolic OH excluding ortho intramolecular Hbond substituents is 1. The number of aromatic hydroxyl groups is 1. The molecule has 0 aliphatic rings. The lowest BCUT2D eigenvalue weighted by molar-refractivity contribution is -0.127. The van der Waals surface area contributed by atoms with Crippen molar-refractivity contribution >= 4 is 35.3 Å². The summed E-state index contributed by atoms with van der Waals surface area (Å²) < 4.78 is 0. The van der Waals surface area contributed by atoms with Crippen molar-refractivity contribution in [3.05, 3.63) is 53.6 Å². The number of carbonyl (C=O) groups is 3. The van der Waals surface area contributed by atoms with Crippen molar-refractivity contribution in [1.29, 1.82) is 0 Å². The van der Waals surface area contributed by atoms with Gasteiger partial charge in [0.25, 0.3) is 0 Å². The highest BCUT2D eigenvalue weighted by Gasteiger charge is 2.19. The minimum atomic E-state index is -0.747. The van der Waals surface area contributed by atoms with Crippen LogP contribution in [0.3, 0.4) is 0 Å². The van der Waals surface area contributed by atoms with Gasteiger partial charge in [0.15, 0.2) is 0 Å². The van der Waals surface area contributed by atoms with E-state index in [1.807, 2.05) is 0 Å². The van der Waals surface area contributed by atoms with E-state index >= 15 is 0 Å². The van der Waals surface area contributed by atoms with Crippen molar-refractivity contribution in [2.24, 2.45) is 15.3 Å². The zero-order chi connectivity index (χ0) is 22.8. The maximum atomic E-state index is 12.0. The van der Waals surface area contributed by atoms with E-state index in [-0.39, 0.29) is 35.6 Å².